The fourth-order valence-corrected chi connectivity index (χ4v) is 8.06. The van der Waals surface area contributed by atoms with Crippen molar-refractivity contribution >= 4 is 75.2 Å². The van der Waals surface area contributed by atoms with Crippen LogP contribution < -0.4 is 15.7 Å². The van der Waals surface area contributed by atoms with Gasteiger partial charge >= 0.3 is 0 Å². The second-order valence-corrected chi connectivity index (χ2v) is 17.5. The third kappa shape index (κ3) is 7.60. The van der Waals surface area contributed by atoms with E-state index in [1.54, 1.807) is 39.0 Å². The van der Waals surface area contributed by atoms with Gasteiger partial charge in [-0.05, 0) is 78.7 Å². The van der Waals surface area contributed by atoms with Crippen LogP contribution in [0.1, 0.15) is 108 Å². The number of anilines is 2. The van der Waals surface area contributed by atoms with Crippen molar-refractivity contribution in [3.8, 4) is 5.75 Å². The molecule has 8 nitrogen and oxygen atoms in total. The van der Waals surface area contributed by atoms with Crippen LogP contribution in [0.25, 0.3) is 0 Å². The summed E-state index contributed by atoms with van der Waals surface area (Å²) in [6, 6.07) is 7.24. The van der Waals surface area contributed by atoms with Gasteiger partial charge in [0.05, 0.1) is 16.4 Å². The van der Waals surface area contributed by atoms with Crippen LogP contribution in [0, 0.1) is 28.1 Å². The van der Waals surface area contributed by atoms with Gasteiger partial charge < -0.3 is 20.5 Å². The largest absolute Gasteiger partial charge is 0.870 e. The Morgan fingerprint density at radius 1 is 0.900 bits per heavy atom. The Balaban J connectivity index is 1.62. The Kier molecular flexibility index (Phi) is 11.6. The molecule has 0 radical (unpaired) electrons. The number of hydrogen-bond acceptors (Lipinski definition) is 6. The molecule has 274 valence electrons. The van der Waals surface area contributed by atoms with Crippen molar-refractivity contribution in [1.82, 2.24) is 0 Å². The maximum atomic E-state index is 14.2. The highest BCUT2D eigenvalue weighted by Gasteiger charge is 2.78. The van der Waals surface area contributed by atoms with E-state index >= 15 is 0 Å². The molecular formula is C39H51Cl3N3O5-. The minimum atomic E-state index is -0.990. The first kappa shape index (κ1) is 40.1. The molecule has 1 heterocycles. The lowest BCUT2D eigenvalue weighted by atomic mass is 9.54. The number of nitrogens with one attached hydrogen (secondary N) is 2. The Labute approximate surface area is 312 Å². The number of ether oxygens (including phenoxy) is 1. The number of benzene rings is 2. The maximum absolute atomic E-state index is 14.2. The van der Waals surface area contributed by atoms with Crippen LogP contribution in [-0.4, -0.2) is 34.5 Å². The highest BCUT2D eigenvalue weighted by Crippen LogP contribution is 2.67. The van der Waals surface area contributed by atoms with Crippen molar-refractivity contribution < 1.29 is 24.2 Å². The summed E-state index contributed by atoms with van der Waals surface area (Å²) in [6.07, 6.45) is 5.40. The Morgan fingerprint density at radius 3 is 2.04 bits per heavy atom. The third-order valence-electron chi connectivity index (χ3n) is 11.5. The van der Waals surface area contributed by atoms with Crippen LogP contribution >= 0.6 is 34.8 Å². The summed E-state index contributed by atoms with van der Waals surface area (Å²) in [5.41, 5.74) is -2.16. The van der Waals surface area contributed by atoms with Gasteiger partial charge in [0.15, 0.2) is 17.1 Å². The number of Topliss-reactive ketones (excluding diaryl/α,β-unsaturated/α-hetero) is 1. The average molecular weight is 748 g/mol. The van der Waals surface area contributed by atoms with Gasteiger partial charge in [0, 0.05) is 21.1 Å². The molecule has 0 bridgehead atoms. The molecule has 2 aliphatic rings. The topological polar surface area (TPSA) is 123 Å². The summed E-state index contributed by atoms with van der Waals surface area (Å²) in [5.74, 6) is -1.47. The number of carbonyl (C=O) groups excluding carboxylic acids is 3. The Hall–Kier alpha value is -2.65. The zero-order chi connectivity index (χ0) is 37.6. The normalized spacial score (nSPS) is 24.2. The van der Waals surface area contributed by atoms with Crippen molar-refractivity contribution in [2.45, 2.75) is 119 Å². The van der Waals surface area contributed by atoms with Gasteiger partial charge in [0.25, 0.3) is 11.8 Å². The molecule has 2 amide bonds. The zero-order valence-corrected chi connectivity index (χ0v) is 33.2. The molecule has 4 rings (SSSR count). The smallest absolute Gasteiger partial charge is 0.278 e. The first-order chi connectivity index (χ1) is 23.1. The molecule has 1 saturated heterocycles. The summed E-state index contributed by atoms with van der Waals surface area (Å²) in [5, 5.41) is 17.6. The predicted molar refractivity (Wildman–Crippen MR) is 202 cm³/mol. The van der Waals surface area contributed by atoms with Crippen LogP contribution in [0.5, 0.6) is 5.75 Å². The Morgan fingerprint density at radius 2 is 1.50 bits per heavy atom. The predicted octanol–water partition coefficient (Wildman–Crippen LogP) is 10.2. The van der Waals surface area contributed by atoms with Gasteiger partial charge in [-0.25, -0.2) is 4.99 Å². The second kappa shape index (κ2) is 14.4. The summed E-state index contributed by atoms with van der Waals surface area (Å²) in [4.78, 5) is 45.6. The summed E-state index contributed by atoms with van der Waals surface area (Å²) in [7, 11) is 0. The van der Waals surface area contributed by atoms with E-state index in [4.69, 9.17) is 39.5 Å². The maximum Gasteiger partial charge on any atom is 0.278 e. The lowest BCUT2D eigenvalue weighted by Gasteiger charge is -2.48. The summed E-state index contributed by atoms with van der Waals surface area (Å²) in [6.45, 7) is 20.7. The highest BCUT2D eigenvalue weighted by atomic mass is 35.5. The van der Waals surface area contributed by atoms with E-state index in [1.165, 1.54) is 12.1 Å². The second-order valence-electron chi connectivity index (χ2n) is 16.3. The molecule has 1 spiro atoms. The number of epoxide rings is 1. The molecular weight excluding hydrogens is 697 g/mol. The third-order valence-corrected chi connectivity index (χ3v) is 12.4. The van der Waals surface area contributed by atoms with Crippen LogP contribution in [0.3, 0.4) is 0 Å². The van der Waals surface area contributed by atoms with Crippen molar-refractivity contribution in [2.24, 2.45) is 33.1 Å². The van der Waals surface area contributed by atoms with Gasteiger partial charge in [-0.1, -0.05) is 123 Å². The van der Waals surface area contributed by atoms with E-state index in [2.05, 4.69) is 57.2 Å². The molecule has 1 saturated carbocycles. The number of amides is 2. The van der Waals surface area contributed by atoms with Crippen LogP contribution in [0.2, 0.25) is 15.1 Å². The molecule has 50 heavy (non-hydrogen) atoms. The van der Waals surface area contributed by atoms with Crippen molar-refractivity contribution in [1.29, 1.82) is 0 Å². The van der Waals surface area contributed by atoms with E-state index in [9.17, 15) is 19.5 Å². The van der Waals surface area contributed by atoms with Crippen molar-refractivity contribution in [2.75, 3.05) is 10.6 Å². The molecule has 2 aromatic rings. The molecule has 2 aromatic carbocycles. The van der Waals surface area contributed by atoms with Gasteiger partial charge in [0.1, 0.15) is 5.60 Å². The number of hydrogen-bond donors (Lipinski definition) is 2. The fourth-order valence-electron chi connectivity index (χ4n) is 7.42. The number of nitrogens with zero attached hydrogens (tertiary/aromatic N) is 1. The highest BCUT2D eigenvalue weighted by molar-refractivity contribution is 6.68. The van der Waals surface area contributed by atoms with Gasteiger partial charge in [0.2, 0.25) is 0 Å². The number of rotatable bonds is 11. The first-order valence-corrected chi connectivity index (χ1v) is 18.6. The van der Waals surface area contributed by atoms with E-state index in [-0.39, 0.29) is 49.1 Å². The molecule has 4 atom stereocenters. The summed E-state index contributed by atoms with van der Waals surface area (Å²) >= 11 is 18.5. The minimum Gasteiger partial charge on any atom is -0.870 e. The molecule has 2 fully saturated rings. The zero-order valence-electron chi connectivity index (χ0n) is 30.9. The van der Waals surface area contributed by atoms with E-state index in [0.717, 1.165) is 32.1 Å². The molecule has 0 aromatic heterocycles. The number of ketones is 1. The molecule has 2 N–H and O–H groups in total. The first-order valence-electron chi connectivity index (χ1n) is 17.5. The SMILES string of the molecule is CCC(C)(C)C1CCC2(OC2(CC)C(=O)Nc2ccc(Cl)c(NC(=O)C(=Nc3cc(Cl)c([O-])c(Cl)c3)C(=O)C(C)(C)C)c2)C(C(C)(C)CC)C1. The van der Waals surface area contributed by atoms with Crippen LogP contribution in [0.15, 0.2) is 35.3 Å². The number of aliphatic imine (C=N–C) groups is 1. The van der Waals surface area contributed by atoms with E-state index in [0.29, 0.717) is 18.0 Å². The lowest BCUT2D eigenvalue weighted by Crippen LogP contribution is -2.50. The number of carbonyl (C=O) groups is 3. The Bertz CT molecular complexity index is 1670. The lowest BCUT2D eigenvalue weighted by molar-refractivity contribution is -0.268. The monoisotopic (exact) mass is 746 g/mol. The average Bonchev–Trinajstić information content (AvgIpc) is 3.70. The van der Waals surface area contributed by atoms with E-state index < -0.39 is 39.8 Å². The van der Waals surface area contributed by atoms with Gasteiger partial charge in [-0.2, -0.15) is 0 Å². The summed E-state index contributed by atoms with van der Waals surface area (Å²) < 4.78 is 6.70. The van der Waals surface area contributed by atoms with E-state index in [1.807, 2.05) is 6.92 Å². The molecule has 11 heteroatoms. The van der Waals surface area contributed by atoms with Crippen molar-refractivity contribution in [3.05, 3.63) is 45.4 Å². The molecule has 1 aliphatic carbocycles. The van der Waals surface area contributed by atoms with Gasteiger partial charge in [-0.15, -0.1) is 0 Å². The standard InChI is InChI=1S/C39H52Cl3N3O5/c1-11-36(7,8)22-16-17-39(29(18-22)37(9,10)12-2)38(13-3,50-39)34(49)44-23-14-15-25(40)28(21-23)45-33(48)30(32(47)35(4,5)6)43-24-19-26(41)31(46)27(42)20-24/h14-15,19-22,29,46H,11-13,16-18H2,1-10H3,(H,44,49)(H,45,48)/p-1. The van der Waals surface area contributed by atoms with Gasteiger partial charge in [-0.3, -0.25) is 14.4 Å². The fraction of sp³-hybridized carbons (Fsp3) is 0.590. The minimum absolute atomic E-state index is 0.0329. The number of halogens is 3. The molecule has 1 aliphatic heterocycles. The van der Waals surface area contributed by atoms with Crippen LogP contribution in [0.4, 0.5) is 17.1 Å². The quantitative estimate of drug-likeness (QED) is 0.135. The van der Waals surface area contributed by atoms with Crippen LogP contribution in [-0.2, 0) is 19.1 Å². The molecule has 4 unspecified atom stereocenters. The van der Waals surface area contributed by atoms with Crippen molar-refractivity contribution in [3.63, 3.8) is 0 Å².